The summed E-state index contributed by atoms with van der Waals surface area (Å²) in [7, 11) is -0.511. The SMILES string of the molecule is CN(C)CCCNS(=O)(=O)CCCCC(C[C@@H](CC(F)(C(F)(F)F)C(F)(F)F)C(F)(F)F)C(F)(F)F. The van der Waals surface area contributed by atoms with Crippen molar-refractivity contribution < 1.29 is 65.5 Å². The molecule has 18 heteroatoms. The lowest BCUT2D eigenvalue weighted by Gasteiger charge is -2.35. The van der Waals surface area contributed by atoms with Gasteiger partial charge in [-0.3, -0.25) is 0 Å². The van der Waals surface area contributed by atoms with E-state index in [0.717, 1.165) is 0 Å². The molecule has 0 bridgehead atoms. The van der Waals surface area contributed by atoms with Gasteiger partial charge >= 0.3 is 24.7 Å². The van der Waals surface area contributed by atoms with Crippen LogP contribution in [0.2, 0.25) is 0 Å². The molecule has 0 heterocycles. The Morgan fingerprint density at radius 2 is 1.19 bits per heavy atom. The molecule has 218 valence electrons. The third-order valence-electron chi connectivity index (χ3n) is 5.24. The fourth-order valence-electron chi connectivity index (χ4n) is 3.20. The monoisotopic (exact) mass is 582 g/mol. The summed E-state index contributed by atoms with van der Waals surface area (Å²) in [6, 6.07) is 0. The van der Waals surface area contributed by atoms with Crippen LogP contribution >= 0.6 is 0 Å². The molecular formula is C18H27F13N2O2S. The molecule has 0 aliphatic heterocycles. The summed E-state index contributed by atoms with van der Waals surface area (Å²) in [6.45, 7) is 0.515. The molecule has 0 amide bonds. The Morgan fingerprint density at radius 1 is 0.722 bits per heavy atom. The number of unbranched alkanes of at least 4 members (excludes halogenated alkanes) is 1. The summed E-state index contributed by atoms with van der Waals surface area (Å²) in [6.07, 6.45) is -32.8. The molecule has 0 aliphatic carbocycles. The van der Waals surface area contributed by atoms with Crippen LogP contribution in [-0.4, -0.2) is 76.6 Å². The molecule has 0 radical (unpaired) electrons. The standard InChI is InChI=1S/C18H27F13N2O2S/c1-33(2)8-5-7-32-36(34,35)9-4-3-6-12(15(20,21)22)10-13(16(23,24)25)11-14(19,17(26,27)28)18(29,30)31/h12-13,32H,3-11H2,1-2H3/t12?,13-/m0/s1. The van der Waals surface area contributed by atoms with Crippen molar-refractivity contribution in [1.82, 2.24) is 9.62 Å². The van der Waals surface area contributed by atoms with Crippen LogP contribution in [0.25, 0.3) is 0 Å². The Morgan fingerprint density at radius 3 is 1.58 bits per heavy atom. The van der Waals surface area contributed by atoms with Gasteiger partial charge in [-0.05, 0) is 46.3 Å². The molecule has 0 saturated heterocycles. The van der Waals surface area contributed by atoms with Gasteiger partial charge in [0.25, 0.3) is 5.67 Å². The molecule has 2 atom stereocenters. The van der Waals surface area contributed by atoms with Crippen LogP contribution in [0.4, 0.5) is 57.1 Å². The van der Waals surface area contributed by atoms with Gasteiger partial charge in [-0.1, -0.05) is 6.42 Å². The minimum Gasteiger partial charge on any atom is -0.309 e. The topological polar surface area (TPSA) is 49.4 Å². The minimum absolute atomic E-state index is 0.00233. The molecular weight excluding hydrogens is 555 g/mol. The molecule has 0 rings (SSSR count). The van der Waals surface area contributed by atoms with Crippen LogP contribution in [-0.2, 0) is 10.0 Å². The van der Waals surface area contributed by atoms with Crippen LogP contribution in [0.5, 0.6) is 0 Å². The third kappa shape index (κ3) is 11.6. The smallest absolute Gasteiger partial charge is 0.309 e. The number of rotatable bonds is 14. The Kier molecular flexibility index (Phi) is 12.3. The molecule has 1 unspecified atom stereocenters. The zero-order valence-electron chi connectivity index (χ0n) is 19.1. The Hall–Kier alpha value is -1.04. The molecule has 0 aliphatic rings. The molecule has 0 aromatic carbocycles. The van der Waals surface area contributed by atoms with Crippen molar-refractivity contribution in [3.8, 4) is 0 Å². The van der Waals surface area contributed by atoms with E-state index in [0.29, 0.717) is 13.0 Å². The van der Waals surface area contributed by atoms with E-state index in [9.17, 15) is 65.5 Å². The highest BCUT2D eigenvalue weighted by Gasteiger charge is 2.74. The molecule has 0 fully saturated rings. The van der Waals surface area contributed by atoms with E-state index < -0.39 is 90.1 Å². The van der Waals surface area contributed by atoms with Crippen molar-refractivity contribution in [1.29, 1.82) is 0 Å². The van der Waals surface area contributed by atoms with Crippen LogP contribution < -0.4 is 4.72 Å². The van der Waals surface area contributed by atoms with Gasteiger partial charge in [0.15, 0.2) is 0 Å². The lowest BCUT2D eigenvalue weighted by atomic mass is 9.82. The first kappa shape index (κ1) is 35.0. The lowest BCUT2D eigenvalue weighted by Crippen LogP contribution is -2.55. The maximum atomic E-state index is 13.8. The first-order valence-corrected chi connectivity index (χ1v) is 12.1. The van der Waals surface area contributed by atoms with Crippen LogP contribution in [0.1, 0.15) is 38.5 Å². The molecule has 0 saturated carbocycles. The normalized spacial score (nSPS) is 16.4. The van der Waals surface area contributed by atoms with E-state index in [4.69, 9.17) is 0 Å². The quantitative estimate of drug-likeness (QED) is 0.202. The molecule has 0 aromatic rings. The Labute approximate surface area is 199 Å². The van der Waals surface area contributed by atoms with E-state index in [1.54, 1.807) is 19.0 Å². The fraction of sp³-hybridized carbons (Fsp3) is 1.00. The van der Waals surface area contributed by atoms with Crippen LogP contribution in [0, 0.1) is 11.8 Å². The van der Waals surface area contributed by atoms with Crippen molar-refractivity contribution in [3.63, 3.8) is 0 Å². The average molecular weight is 582 g/mol. The highest BCUT2D eigenvalue weighted by atomic mass is 32.2. The largest absolute Gasteiger partial charge is 0.431 e. The van der Waals surface area contributed by atoms with Crippen molar-refractivity contribution in [2.24, 2.45) is 11.8 Å². The van der Waals surface area contributed by atoms with Crippen molar-refractivity contribution in [2.45, 2.75) is 68.9 Å². The predicted molar refractivity (Wildman–Crippen MR) is 103 cm³/mol. The average Bonchev–Trinajstić information content (AvgIpc) is 2.62. The Bertz CT molecular complexity index is 745. The lowest BCUT2D eigenvalue weighted by molar-refractivity contribution is -0.353. The number of nitrogens with zero attached hydrogens (tertiary/aromatic N) is 1. The van der Waals surface area contributed by atoms with Gasteiger partial charge in [0.05, 0.1) is 17.6 Å². The Balaban J connectivity index is 5.40. The van der Waals surface area contributed by atoms with Crippen molar-refractivity contribution >= 4 is 10.0 Å². The summed E-state index contributed by atoms with van der Waals surface area (Å²) < 4.78 is 195. The summed E-state index contributed by atoms with van der Waals surface area (Å²) in [5.74, 6) is -7.69. The second kappa shape index (κ2) is 12.7. The van der Waals surface area contributed by atoms with E-state index in [2.05, 4.69) is 4.72 Å². The van der Waals surface area contributed by atoms with Gasteiger partial charge in [-0.25, -0.2) is 17.5 Å². The minimum atomic E-state index is -6.86. The van der Waals surface area contributed by atoms with E-state index in [-0.39, 0.29) is 6.54 Å². The number of halogens is 13. The van der Waals surface area contributed by atoms with Crippen molar-refractivity contribution in [2.75, 3.05) is 32.9 Å². The maximum absolute atomic E-state index is 13.8. The maximum Gasteiger partial charge on any atom is 0.431 e. The first-order valence-electron chi connectivity index (χ1n) is 10.4. The molecule has 4 nitrogen and oxygen atoms in total. The van der Waals surface area contributed by atoms with E-state index in [1.807, 2.05) is 0 Å². The number of alkyl halides is 13. The second-order valence-corrected chi connectivity index (χ2v) is 10.5. The molecule has 1 N–H and O–H groups in total. The van der Waals surface area contributed by atoms with Gasteiger partial charge in [0, 0.05) is 13.0 Å². The number of sulfonamides is 1. The first-order chi connectivity index (χ1) is 15.8. The van der Waals surface area contributed by atoms with E-state index in [1.165, 1.54) is 0 Å². The van der Waals surface area contributed by atoms with E-state index >= 15 is 0 Å². The van der Waals surface area contributed by atoms with Gasteiger partial charge in [0.1, 0.15) is 0 Å². The number of hydrogen-bond acceptors (Lipinski definition) is 3. The summed E-state index contributed by atoms with van der Waals surface area (Å²) in [5, 5.41) is 0. The second-order valence-electron chi connectivity index (χ2n) is 8.58. The molecule has 0 aromatic heterocycles. The van der Waals surface area contributed by atoms with Crippen LogP contribution in [0.15, 0.2) is 0 Å². The predicted octanol–water partition coefficient (Wildman–Crippen LogP) is 6.00. The highest BCUT2D eigenvalue weighted by molar-refractivity contribution is 7.89. The summed E-state index contributed by atoms with van der Waals surface area (Å²) in [5.41, 5.74) is -6.39. The van der Waals surface area contributed by atoms with Gasteiger partial charge < -0.3 is 4.90 Å². The van der Waals surface area contributed by atoms with Gasteiger partial charge in [-0.15, -0.1) is 0 Å². The zero-order valence-corrected chi connectivity index (χ0v) is 19.9. The fourth-order valence-corrected chi connectivity index (χ4v) is 4.38. The van der Waals surface area contributed by atoms with Gasteiger partial charge in [-0.2, -0.15) is 52.7 Å². The number of nitrogens with one attached hydrogen (secondary N) is 1. The third-order valence-corrected chi connectivity index (χ3v) is 6.71. The molecule has 0 spiro atoms. The molecule has 36 heavy (non-hydrogen) atoms. The highest BCUT2D eigenvalue weighted by Crippen LogP contribution is 2.53. The van der Waals surface area contributed by atoms with Crippen molar-refractivity contribution in [3.05, 3.63) is 0 Å². The van der Waals surface area contributed by atoms with Gasteiger partial charge in [0.2, 0.25) is 10.0 Å². The van der Waals surface area contributed by atoms with Crippen LogP contribution in [0.3, 0.4) is 0 Å². The summed E-state index contributed by atoms with van der Waals surface area (Å²) >= 11 is 0. The summed E-state index contributed by atoms with van der Waals surface area (Å²) in [4.78, 5) is 1.75. The zero-order chi connectivity index (χ0) is 28.8. The number of hydrogen-bond donors (Lipinski definition) is 1.